The zero-order chi connectivity index (χ0) is 13.7. The molecule has 0 radical (unpaired) electrons. The number of hydrogen-bond donors (Lipinski definition) is 2. The Morgan fingerprint density at radius 1 is 1.32 bits per heavy atom. The zero-order valence-electron chi connectivity index (χ0n) is 11.9. The standard InChI is InChI=1S/C16H24N2O/c1-3-13(12-19)10-17-9-8-14-11-18(2)16-7-5-4-6-15(14)16/h4-7,11,13,17,19H,3,8-10,12H2,1-2H3. The van der Waals surface area contributed by atoms with E-state index in [-0.39, 0.29) is 6.61 Å². The first-order valence-corrected chi connectivity index (χ1v) is 7.10. The molecule has 1 atom stereocenters. The van der Waals surface area contributed by atoms with Crippen molar-refractivity contribution in [3.05, 3.63) is 36.0 Å². The Bertz CT molecular complexity index is 514. The van der Waals surface area contributed by atoms with Crippen LogP contribution >= 0.6 is 0 Å². The molecule has 1 aromatic carbocycles. The summed E-state index contributed by atoms with van der Waals surface area (Å²) in [6.45, 7) is 4.26. The van der Waals surface area contributed by atoms with Crippen LogP contribution in [0.5, 0.6) is 0 Å². The second-order valence-electron chi connectivity index (χ2n) is 5.19. The average molecular weight is 260 g/mol. The quantitative estimate of drug-likeness (QED) is 0.750. The molecule has 0 saturated heterocycles. The minimum absolute atomic E-state index is 0.276. The van der Waals surface area contributed by atoms with Crippen LogP contribution in [0.1, 0.15) is 18.9 Å². The number of nitrogens with zero attached hydrogens (tertiary/aromatic N) is 1. The second kappa shape index (κ2) is 6.73. The average Bonchev–Trinajstić information content (AvgIpc) is 2.76. The Morgan fingerprint density at radius 2 is 2.11 bits per heavy atom. The first-order chi connectivity index (χ1) is 9.26. The van der Waals surface area contributed by atoms with Crippen molar-refractivity contribution in [1.29, 1.82) is 0 Å². The normalized spacial score (nSPS) is 13.0. The highest BCUT2D eigenvalue weighted by Crippen LogP contribution is 2.20. The molecule has 0 aliphatic heterocycles. The van der Waals surface area contributed by atoms with Crippen LogP contribution in [0.3, 0.4) is 0 Å². The van der Waals surface area contributed by atoms with Gasteiger partial charge in [-0.2, -0.15) is 0 Å². The van der Waals surface area contributed by atoms with Gasteiger partial charge in [0.05, 0.1) is 0 Å². The summed E-state index contributed by atoms with van der Waals surface area (Å²) in [4.78, 5) is 0. The topological polar surface area (TPSA) is 37.2 Å². The smallest absolute Gasteiger partial charge is 0.0480 e. The Morgan fingerprint density at radius 3 is 2.84 bits per heavy atom. The summed E-state index contributed by atoms with van der Waals surface area (Å²) in [5.74, 6) is 0.382. The summed E-state index contributed by atoms with van der Waals surface area (Å²) in [5.41, 5.74) is 2.68. The van der Waals surface area contributed by atoms with Gasteiger partial charge in [-0.3, -0.25) is 0 Å². The van der Waals surface area contributed by atoms with Crippen molar-refractivity contribution in [3.8, 4) is 0 Å². The van der Waals surface area contributed by atoms with Gasteiger partial charge in [0.25, 0.3) is 0 Å². The first-order valence-electron chi connectivity index (χ1n) is 7.10. The lowest BCUT2D eigenvalue weighted by Gasteiger charge is -2.12. The first kappa shape index (κ1) is 14.1. The van der Waals surface area contributed by atoms with Gasteiger partial charge in [0.15, 0.2) is 0 Å². The van der Waals surface area contributed by atoms with Crippen LogP contribution in [0, 0.1) is 5.92 Å². The number of rotatable bonds is 7. The van der Waals surface area contributed by atoms with Gasteiger partial charge in [-0.25, -0.2) is 0 Å². The summed E-state index contributed by atoms with van der Waals surface area (Å²) in [6, 6.07) is 8.52. The molecule has 2 N–H and O–H groups in total. The van der Waals surface area contributed by atoms with Crippen LogP contribution in [-0.2, 0) is 13.5 Å². The summed E-state index contributed by atoms with van der Waals surface area (Å²) in [6.07, 6.45) is 4.27. The van der Waals surface area contributed by atoms with Gasteiger partial charge in [0.1, 0.15) is 0 Å². The lowest BCUT2D eigenvalue weighted by molar-refractivity contribution is 0.219. The van der Waals surface area contributed by atoms with Crippen molar-refractivity contribution < 1.29 is 5.11 Å². The molecule has 3 heteroatoms. The highest BCUT2D eigenvalue weighted by atomic mass is 16.3. The van der Waals surface area contributed by atoms with E-state index >= 15 is 0 Å². The predicted octanol–water partition coefficient (Wildman–Crippen LogP) is 2.33. The molecule has 0 saturated carbocycles. The molecule has 1 unspecified atom stereocenters. The van der Waals surface area contributed by atoms with Crippen LogP contribution in [0.4, 0.5) is 0 Å². The lowest BCUT2D eigenvalue weighted by atomic mass is 10.1. The van der Waals surface area contributed by atoms with Crippen molar-refractivity contribution in [3.63, 3.8) is 0 Å². The molecule has 0 bridgehead atoms. The molecule has 1 aromatic heterocycles. The highest BCUT2D eigenvalue weighted by Gasteiger charge is 2.06. The van der Waals surface area contributed by atoms with Gasteiger partial charge in [0.2, 0.25) is 0 Å². The number of para-hydroxylation sites is 1. The van der Waals surface area contributed by atoms with Gasteiger partial charge in [-0.05, 0) is 36.9 Å². The Hall–Kier alpha value is -1.32. The number of aromatic nitrogens is 1. The Kier molecular flexibility index (Phi) is 5.00. The van der Waals surface area contributed by atoms with Crippen molar-refractivity contribution in [1.82, 2.24) is 9.88 Å². The number of benzene rings is 1. The highest BCUT2D eigenvalue weighted by molar-refractivity contribution is 5.83. The molecular weight excluding hydrogens is 236 g/mol. The van der Waals surface area contributed by atoms with Gasteiger partial charge >= 0.3 is 0 Å². The van der Waals surface area contributed by atoms with Crippen molar-refractivity contribution >= 4 is 10.9 Å². The van der Waals surface area contributed by atoms with Gasteiger partial charge in [-0.15, -0.1) is 0 Å². The molecule has 2 aromatic rings. The molecule has 104 valence electrons. The van der Waals surface area contributed by atoms with E-state index in [1.807, 2.05) is 0 Å². The third kappa shape index (κ3) is 3.37. The maximum atomic E-state index is 9.14. The molecular formula is C16H24N2O. The van der Waals surface area contributed by atoms with Crippen LogP contribution < -0.4 is 5.32 Å². The third-order valence-corrected chi connectivity index (χ3v) is 3.82. The van der Waals surface area contributed by atoms with Crippen LogP contribution in [0.15, 0.2) is 30.5 Å². The van der Waals surface area contributed by atoms with Crippen molar-refractivity contribution in [2.45, 2.75) is 19.8 Å². The van der Waals surface area contributed by atoms with E-state index < -0.39 is 0 Å². The van der Waals surface area contributed by atoms with Crippen LogP contribution in [-0.4, -0.2) is 29.4 Å². The maximum absolute atomic E-state index is 9.14. The number of aryl methyl sites for hydroxylation is 1. The monoisotopic (exact) mass is 260 g/mol. The van der Waals surface area contributed by atoms with E-state index in [4.69, 9.17) is 5.11 Å². The second-order valence-corrected chi connectivity index (χ2v) is 5.19. The molecule has 0 aliphatic rings. The summed E-state index contributed by atoms with van der Waals surface area (Å²) < 4.78 is 2.19. The minimum Gasteiger partial charge on any atom is -0.396 e. The molecule has 0 fully saturated rings. The van der Waals surface area contributed by atoms with Crippen molar-refractivity contribution in [2.24, 2.45) is 13.0 Å². The molecule has 3 nitrogen and oxygen atoms in total. The van der Waals surface area contributed by atoms with E-state index in [2.05, 4.69) is 54.3 Å². The summed E-state index contributed by atoms with van der Waals surface area (Å²) in [5, 5.41) is 13.9. The van der Waals surface area contributed by atoms with Crippen LogP contribution in [0.2, 0.25) is 0 Å². The molecule has 0 spiro atoms. The predicted molar refractivity (Wildman–Crippen MR) is 80.4 cm³/mol. The van der Waals surface area contributed by atoms with Gasteiger partial charge in [0, 0.05) is 37.3 Å². The summed E-state index contributed by atoms with van der Waals surface area (Å²) in [7, 11) is 2.10. The fraction of sp³-hybridized carbons (Fsp3) is 0.500. The Labute approximate surface area is 115 Å². The van der Waals surface area contributed by atoms with Crippen molar-refractivity contribution in [2.75, 3.05) is 19.7 Å². The summed E-state index contributed by atoms with van der Waals surface area (Å²) >= 11 is 0. The van der Waals surface area contributed by atoms with E-state index in [0.717, 1.165) is 25.9 Å². The van der Waals surface area contributed by atoms with E-state index in [0.29, 0.717) is 5.92 Å². The number of nitrogens with one attached hydrogen (secondary N) is 1. The number of aliphatic hydroxyl groups excluding tert-OH is 1. The number of fused-ring (bicyclic) bond motifs is 1. The van der Waals surface area contributed by atoms with E-state index in [9.17, 15) is 0 Å². The fourth-order valence-corrected chi connectivity index (χ4v) is 2.49. The van der Waals surface area contributed by atoms with E-state index in [1.54, 1.807) is 0 Å². The van der Waals surface area contributed by atoms with Gasteiger partial charge in [-0.1, -0.05) is 25.1 Å². The minimum atomic E-state index is 0.276. The third-order valence-electron chi connectivity index (χ3n) is 3.82. The zero-order valence-corrected chi connectivity index (χ0v) is 11.9. The molecule has 0 aliphatic carbocycles. The lowest BCUT2D eigenvalue weighted by Crippen LogP contribution is -2.26. The largest absolute Gasteiger partial charge is 0.396 e. The van der Waals surface area contributed by atoms with E-state index in [1.165, 1.54) is 16.5 Å². The molecule has 19 heavy (non-hydrogen) atoms. The SMILES string of the molecule is CCC(CO)CNCCc1cn(C)c2ccccc12. The van der Waals surface area contributed by atoms with Crippen LogP contribution in [0.25, 0.3) is 10.9 Å². The Balaban J connectivity index is 1.92. The molecule has 2 rings (SSSR count). The number of hydrogen-bond acceptors (Lipinski definition) is 2. The molecule has 1 heterocycles. The maximum Gasteiger partial charge on any atom is 0.0480 e. The number of aliphatic hydroxyl groups is 1. The fourth-order valence-electron chi connectivity index (χ4n) is 2.49. The van der Waals surface area contributed by atoms with Gasteiger partial charge < -0.3 is 15.0 Å². The molecule has 0 amide bonds.